The topological polar surface area (TPSA) is 67.4 Å². The summed E-state index contributed by atoms with van der Waals surface area (Å²) in [4.78, 5) is 21.3. The summed E-state index contributed by atoms with van der Waals surface area (Å²) in [7, 11) is 0. The molecule has 6 heteroatoms. The SMILES string of the molecule is CCCCCCCCC(C)=O.Cl.O=C1NCC2(CCNCC2)O1. The molecule has 2 heterocycles. The molecule has 0 aromatic heterocycles. The maximum Gasteiger partial charge on any atom is 0.407 e. The van der Waals surface area contributed by atoms with Crippen LogP contribution in [0.15, 0.2) is 0 Å². The Hall–Kier alpha value is -0.810. The van der Waals surface area contributed by atoms with E-state index in [1.54, 1.807) is 6.92 Å². The molecule has 1 spiro atoms. The van der Waals surface area contributed by atoms with E-state index in [-0.39, 0.29) is 24.1 Å². The van der Waals surface area contributed by atoms with Crippen LogP contribution in [0.5, 0.6) is 0 Å². The van der Waals surface area contributed by atoms with Crippen LogP contribution in [0.2, 0.25) is 0 Å². The van der Waals surface area contributed by atoms with E-state index in [1.807, 2.05) is 0 Å². The molecule has 23 heavy (non-hydrogen) atoms. The van der Waals surface area contributed by atoms with E-state index in [0.29, 0.717) is 12.3 Å². The van der Waals surface area contributed by atoms with Crippen molar-refractivity contribution in [2.45, 2.75) is 77.2 Å². The number of amides is 1. The first kappa shape index (κ1) is 22.2. The Morgan fingerprint density at radius 2 is 1.74 bits per heavy atom. The van der Waals surface area contributed by atoms with Gasteiger partial charge in [0.05, 0.1) is 6.54 Å². The zero-order valence-electron chi connectivity index (χ0n) is 14.6. The van der Waals surface area contributed by atoms with Crippen LogP contribution in [-0.2, 0) is 9.53 Å². The van der Waals surface area contributed by atoms with E-state index in [0.717, 1.165) is 38.8 Å². The quantitative estimate of drug-likeness (QED) is 0.690. The van der Waals surface area contributed by atoms with Crippen LogP contribution in [0, 0.1) is 0 Å². The lowest BCUT2D eigenvalue weighted by Crippen LogP contribution is -2.44. The van der Waals surface area contributed by atoms with Crippen molar-refractivity contribution < 1.29 is 14.3 Å². The van der Waals surface area contributed by atoms with E-state index in [1.165, 1.54) is 32.1 Å². The molecule has 0 bridgehead atoms. The summed E-state index contributed by atoms with van der Waals surface area (Å²) in [6, 6.07) is 0. The van der Waals surface area contributed by atoms with Gasteiger partial charge in [0.2, 0.25) is 0 Å². The first-order valence-corrected chi connectivity index (χ1v) is 8.75. The third kappa shape index (κ3) is 9.82. The van der Waals surface area contributed by atoms with Crippen molar-refractivity contribution in [1.82, 2.24) is 10.6 Å². The van der Waals surface area contributed by atoms with E-state index < -0.39 is 0 Å². The van der Waals surface area contributed by atoms with Gasteiger partial charge in [0.1, 0.15) is 11.4 Å². The number of carbonyl (C=O) groups excluding carboxylic acids is 2. The second-order valence-corrected chi connectivity index (χ2v) is 6.40. The molecular weight excluding hydrogens is 316 g/mol. The molecule has 0 aromatic carbocycles. The molecule has 0 atom stereocenters. The molecule has 136 valence electrons. The number of ether oxygens (including phenoxy) is 1. The number of alkyl carbamates (subject to hydrolysis) is 1. The van der Waals surface area contributed by atoms with Crippen molar-refractivity contribution in [2.24, 2.45) is 0 Å². The third-order valence-electron chi connectivity index (χ3n) is 4.26. The first-order chi connectivity index (χ1) is 10.6. The maximum atomic E-state index is 10.8. The van der Waals surface area contributed by atoms with Gasteiger partial charge >= 0.3 is 6.09 Å². The van der Waals surface area contributed by atoms with Gasteiger partial charge in [-0.05, 0) is 26.4 Å². The van der Waals surface area contributed by atoms with Crippen LogP contribution in [0.1, 0.15) is 71.6 Å². The van der Waals surface area contributed by atoms with Crippen LogP contribution in [0.3, 0.4) is 0 Å². The Morgan fingerprint density at radius 3 is 2.26 bits per heavy atom. The fraction of sp³-hybridized carbons (Fsp3) is 0.882. The molecule has 2 fully saturated rings. The van der Waals surface area contributed by atoms with Gasteiger partial charge in [0.15, 0.2) is 0 Å². The van der Waals surface area contributed by atoms with E-state index in [4.69, 9.17) is 4.74 Å². The van der Waals surface area contributed by atoms with E-state index >= 15 is 0 Å². The van der Waals surface area contributed by atoms with Crippen molar-refractivity contribution in [1.29, 1.82) is 0 Å². The van der Waals surface area contributed by atoms with E-state index in [9.17, 15) is 9.59 Å². The Balaban J connectivity index is 0.000000403. The van der Waals surface area contributed by atoms with E-state index in [2.05, 4.69) is 17.6 Å². The monoisotopic (exact) mass is 348 g/mol. The highest BCUT2D eigenvalue weighted by atomic mass is 35.5. The molecule has 0 saturated carbocycles. The van der Waals surface area contributed by atoms with Crippen LogP contribution in [0.4, 0.5) is 4.79 Å². The fourth-order valence-electron chi connectivity index (χ4n) is 2.82. The maximum absolute atomic E-state index is 10.8. The molecular formula is C17H33ClN2O3. The number of carbonyl (C=O) groups is 2. The Labute approximate surface area is 146 Å². The number of rotatable bonds is 7. The molecule has 2 rings (SSSR count). The zero-order chi connectivity index (χ0) is 16.3. The highest BCUT2D eigenvalue weighted by molar-refractivity contribution is 5.85. The van der Waals surface area contributed by atoms with Crippen molar-refractivity contribution in [3.8, 4) is 0 Å². The van der Waals surface area contributed by atoms with Crippen LogP contribution >= 0.6 is 12.4 Å². The summed E-state index contributed by atoms with van der Waals surface area (Å²) in [5.41, 5.74) is -0.178. The summed E-state index contributed by atoms with van der Waals surface area (Å²) in [6.07, 6.45) is 10.0. The number of piperidine rings is 1. The number of hydrogen-bond acceptors (Lipinski definition) is 4. The summed E-state index contributed by atoms with van der Waals surface area (Å²) in [6.45, 7) is 6.49. The Bertz CT molecular complexity index is 345. The van der Waals surface area contributed by atoms with Gasteiger partial charge in [-0.1, -0.05) is 39.0 Å². The lowest BCUT2D eigenvalue weighted by atomic mass is 9.93. The van der Waals surface area contributed by atoms with Gasteiger partial charge in [-0.15, -0.1) is 12.4 Å². The molecule has 0 aliphatic carbocycles. The lowest BCUT2D eigenvalue weighted by Gasteiger charge is -2.30. The normalized spacial score (nSPS) is 18.3. The summed E-state index contributed by atoms with van der Waals surface area (Å²) in [5.74, 6) is 0.334. The summed E-state index contributed by atoms with van der Waals surface area (Å²) < 4.78 is 5.20. The predicted octanol–water partition coefficient (Wildman–Crippen LogP) is 3.60. The highest BCUT2D eigenvalue weighted by Crippen LogP contribution is 2.25. The fourth-order valence-corrected chi connectivity index (χ4v) is 2.82. The zero-order valence-corrected chi connectivity index (χ0v) is 15.4. The second-order valence-electron chi connectivity index (χ2n) is 6.40. The minimum atomic E-state index is -0.257. The predicted molar refractivity (Wildman–Crippen MR) is 95.2 cm³/mol. The average molecular weight is 349 g/mol. The number of unbranched alkanes of at least 4 members (excludes halogenated alkanes) is 5. The minimum absolute atomic E-state index is 0. The number of Topliss-reactive ketones (excluding diaryl/α,β-unsaturated/α-hetero) is 1. The molecule has 2 aliphatic heterocycles. The summed E-state index contributed by atoms with van der Waals surface area (Å²) in [5, 5.41) is 5.92. The Morgan fingerprint density at radius 1 is 1.13 bits per heavy atom. The molecule has 2 aliphatic rings. The van der Waals surface area contributed by atoms with Crippen molar-refractivity contribution in [2.75, 3.05) is 19.6 Å². The molecule has 0 radical (unpaired) electrons. The van der Waals surface area contributed by atoms with Crippen LogP contribution in [-0.4, -0.2) is 37.1 Å². The highest BCUT2D eigenvalue weighted by Gasteiger charge is 2.40. The molecule has 1 amide bonds. The average Bonchev–Trinajstić information content (AvgIpc) is 2.84. The molecule has 5 nitrogen and oxygen atoms in total. The Kier molecular flexibility index (Phi) is 12.1. The smallest absolute Gasteiger partial charge is 0.407 e. The number of nitrogens with one attached hydrogen (secondary N) is 2. The van der Waals surface area contributed by atoms with Gasteiger partial charge in [-0.25, -0.2) is 4.79 Å². The van der Waals surface area contributed by atoms with Gasteiger partial charge < -0.3 is 20.2 Å². The van der Waals surface area contributed by atoms with Gasteiger partial charge in [0.25, 0.3) is 0 Å². The first-order valence-electron chi connectivity index (χ1n) is 8.75. The standard InChI is InChI=1S/C10H20O.C7H12N2O2.ClH/c1-3-4-5-6-7-8-9-10(2)11;10-6-9-5-7(11-6)1-3-8-4-2-7;/h3-9H2,1-2H3;8H,1-5H2,(H,9,10);1H. The third-order valence-corrected chi connectivity index (χ3v) is 4.26. The molecule has 0 unspecified atom stereocenters. The van der Waals surface area contributed by atoms with Crippen molar-refractivity contribution in [3.05, 3.63) is 0 Å². The number of hydrogen-bond donors (Lipinski definition) is 2. The van der Waals surface area contributed by atoms with Crippen LogP contribution in [0.25, 0.3) is 0 Å². The van der Waals surface area contributed by atoms with Crippen molar-refractivity contribution >= 4 is 24.3 Å². The number of ketones is 1. The lowest BCUT2D eigenvalue weighted by molar-refractivity contribution is -0.117. The molecule has 2 N–H and O–H groups in total. The second kappa shape index (κ2) is 12.6. The van der Waals surface area contributed by atoms with Crippen molar-refractivity contribution in [3.63, 3.8) is 0 Å². The number of halogens is 1. The molecule has 2 saturated heterocycles. The summed E-state index contributed by atoms with van der Waals surface area (Å²) >= 11 is 0. The minimum Gasteiger partial charge on any atom is -0.441 e. The largest absolute Gasteiger partial charge is 0.441 e. The van der Waals surface area contributed by atoms with Crippen LogP contribution < -0.4 is 10.6 Å². The van der Waals surface area contributed by atoms with Gasteiger partial charge in [-0.2, -0.15) is 0 Å². The molecule has 0 aromatic rings. The van der Waals surface area contributed by atoms with Gasteiger partial charge in [0, 0.05) is 19.3 Å². The van der Waals surface area contributed by atoms with Gasteiger partial charge in [-0.3, -0.25) is 0 Å².